The molecule has 0 N–H and O–H groups in total. The monoisotopic (exact) mass is 294 g/mol. The number of halogens is 1. The summed E-state index contributed by atoms with van der Waals surface area (Å²) in [6.07, 6.45) is 4.71. The summed E-state index contributed by atoms with van der Waals surface area (Å²) in [6.45, 7) is 6.48. The highest BCUT2D eigenvalue weighted by atomic mass is 35.5. The van der Waals surface area contributed by atoms with Crippen molar-refractivity contribution in [2.24, 2.45) is 13.0 Å². The normalized spacial score (nSPS) is 24.6. The number of hydrogen-bond donors (Lipinski definition) is 0. The van der Waals surface area contributed by atoms with Crippen molar-refractivity contribution >= 4 is 22.8 Å². The van der Waals surface area contributed by atoms with Crippen molar-refractivity contribution in [3.8, 4) is 0 Å². The molecule has 0 amide bonds. The van der Waals surface area contributed by atoms with Crippen molar-refractivity contribution in [3.63, 3.8) is 0 Å². The van der Waals surface area contributed by atoms with Gasteiger partial charge in [0.1, 0.15) is 11.3 Å². The van der Waals surface area contributed by atoms with Gasteiger partial charge in [-0.15, -0.1) is 11.6 Å². The number of nitrogens with zero attached hydrogens (tertiary/aromatic N) is 4. The van der Waals surface area contributed by atoms with E-state index >= 15 is 0 Å². The first-order valence-electron chi connectivity index (χ1n) is 7.62. The number of fused-ring (bicyclic) bond motifs is 1. The predicted molar refractivity (Wildman–Crippen MR) is 82.2 cm³/mol. The van der Waals surface area contributed by atoms with Crippen LogP contribution in [-0.4, -0.2) is 19.3 Å². The largest absolute Gasteiger partial charge is 0.308 e. The molecule has 2 heterocycles. The molecule has 3 atom stereocenters. The number of aryl methyl sites for hydroxylation is 2. The lowest BCUT2D eigenvalue weighted by atomic mass is 10.1. The van der Waals surface area contributed by atoms with Gasteiger partial charge in [-0.25, -0.2) is 4.98 Å². The highest BCUT2D eigenvalue weighted by Crippen LogP contribution is 2.40. The maximum atomic E-state index is 6.40. The second kappa shape index (κ2) is 5.06. The van der Waals surface area contributed by atoms with E-state index in [0.29, 0.717) is 12.0 Å². The van der Waals surface area contributed by atoms with Crippen LogP contribution in [0.3, 0.4) is 0 Å². The van der Waals surface area contributed by atoms with Crippen LogP contribution in [0, 0.1) is 5.92 Å². The topological polar surface area (TPSA) is 35.6 Å². The average molecular weight is 295 g/mol. The van der Waals surface area contributed by atoms with E-state index < -0.39 is 0 Å². The fourth-order valence-corrected chi connectivity index (χ4v) is 3.73. The van der Waals surface area contributed by atoms with Crippen LogP contribution in [0.25, 0.3) is 11.2 Å². The molecule has 4 nitrogen and oxygen atoms in total. The number of imidazole rings is 1. The Kier molecular flexibility index (Phi) is 3.53. The molecule has 20 heavy (non-hydrogen) atoms. The molecule has 0 aliphatic heterocycles. The van der Waals surface area contributed by atoms with Crippen molar-refractivity contribution in [1.82, 2.24) is 19.3 Å². The first-order chi connectivity index (χ1) is 9.54. The van der Waals surface area contributed by atoms with Crippen LogP contribution in [-0.2, 0) is 13.5 Å². The molecule has 0 radical (unpaired) electrons. The second-order valence-corrected chi connectivity index (χ2v) is 6.68. The quantitative estimate of drug-likeness (QED) is 0.802. The molecule has 1 aliphatic rings. The minimum atomic E-state index is -0.0695. The highest BCUT2D eigenvalue weighted by Gasteiger charge is 2.31. The van der Waals surface area contributed by atoms with Crippen molar-refractivity contribution in [2.75, 3.05) is 0 Å². The lowest BCUT2D eigenvalue weighted by Crippen LogP contribution is -2.17. The van der Waals surface area contributed by atoms with Gasteiger partial charge in [0.15, 0.2) is 5.65 Å². The molecule has 3 unspecified atom stereocenters. The molecule has 3 rings (SSSR count). The third-order valence-corrected chi connectivity index (χ3v) is 4.80. The molecule has 0 spiro atoms. The maximum absolute atomic E-state index is 6.40. The first kappa shape index (κ1) is 13.9. The SMILES string of the molecule is CCc1nn(C)c2c1nc(C(C)Cl)n2C1CCCC1C. The van der Waals surface area contributed by atoms with E-state index in [0.717, 1.165) is 29.1 Å². The molecule has 1 saturated carbocycles. The molecular formula is C15H23ClN4. The van der Waals surface area contributed by atoms with E-state index in [-0.39, 0.29) is 5.38 Å². The third kappa shape index (κ3) is 1.96. The zero-order valence-electron chi connectivity index (χ0n) is 12.7. The van der Waals surface area contributed by atoms with Crippen LogP contribution >= 0.6 is 11.6 Å². The molecule has 0 aromatic carbocycles. The Morgan fingerprint density at radius 3 is 2.70 bits per heavy atom. The van der Waals surface area contributed by atoms with Gasteiger partial charge in [-0.2, -0.15) is 5.10 Å². The molecular weight excluding hydrogens is 272 g/mol. The summed E-state index contributed by atoms with van der Waals surface area (Å²) in [6, 6.07) is 0.510. The Morgan fingerprint density at radius 2 is 2.15 bits per heavy atom. The fourth-order valence-electron chi connectivity index (χ4n) is 3.57. The average Bonchev–Trinajstić information content (AvgIpc) is 3.04. The Labute approximate surface area is 125 Å². The Balaban J connectivity index is 2.26. The van der Waals surface area contributed by atoms with Crippen molar-refractivity contribution < 1.29 is 0 Å². The van der Waals surface area contributed by atoms with E-state index in [1.807, 2.05) is 18.7 Å². The zero-order chi connectivity index (χ0) is 14.4. The highest BCUT2D eigenvalue weighted by molar-refractivity contribution is 6.20. The van der Waals surface area contributed by atoms with Crippen LogP contribution < -0.4 is 0 Å². The van der Waals surface area contributed by atoms with Gasteiger partial charge in [0.2, 0.25) is 0 Å². The Morgan fingerprint density at radius 1 is 1.40 bits per heavy atom. The molecule has 5 heteroatoms. The standard InChI is InChI=1S/C15H23ClN4/c1-5-11-13-15(19(4)18-11)20(14(17-13)10(3)16)12-8-6-7-9(12)2/h9-10,12H,5-8H2,1-4H3. The van der Waals surface area contributed by atoms with Gasteiger partial charge < -0.3 is 4.57 Å². The summed E-state index contributed by atoms with van der Waals surface area (Å²) in [4.78, 5) is 4.83. The summed E-state index contributed by atoms with van der Waals surface area (Å²) >= 11 is 6.40. The second-order valence-electron chi connectivity index (χ2n) is 6.03. The number of aromatic nitrogens is 4. The van der Waals surface area contributed by atoms with Gasteiger partial charge >= 0.3 is 0 Å². The van der Waals surface area contributed by atoms with E-state index in [2.05, 4.69) is 23.5 Å². The van der Waals surface area contributed by atoms with Crippen LogP contribution in [0.15, 0.2) is 0 Å². The van der Waals surface area contributed by atoms with Crippen molar-refractivity contribution in [2.45, 2.75) is 57.9 Å². The van der Waals surface area contributed by atoms with Gasteiger partial charge in [-0.05, 0) is 32.1 Å². The van der Waals surface area contributed by atoms with Gasteiger partial charge in [0.25, 0.3) is 0 Å². The van der Waals surface area contributed by atoms with Crippen LogP contribution in [0.4, 0.5) is 0 Å². The van der Waals surface area contributed by atoms with Crippen LogP contribution in [0.5, 0.6) is 0 Å². The smallest absolute Gasteiger partial charge is 0.158 e. The van der Waals surface area contributed by atoms with Crippen LogP contribution in [0.1, 0.15) is 63.0 Å². The minimum Gasteiger partial charge on any atom is -0.308 e. The van der Waals surface area contributed by atoms with Gasteiger partial charge in [0.05, 0.1) is 11.1 Å². The predicted octanol–water partition coefficient (Wildman–Crippen LogP) is 3.99. The van der Waals surface area contributed by atoms with E-state index in [1.165, 1.54) is 19.3 Å². The number of rotatable bonds is 3. The summed E-state index contributed by atoms with van der Waals surface area (Å²) in [5.41, 5.74) is 3.25. The fraction of sp³-hybridized carbons (Fsp3) is 0.733. The number of alkyl halides is 1. The summed E-state index contributed by atoms with van der Waals surface area (Å²) < 4.78 is 4.35. The lowest BCUT2D eigenvalue weighted by Gasteiger charge is -2.21. The van der Waals surface area contributed by atoms with E-state index in [9.17, 15) is 0 Å². The molecule has 1 fully saturated rings. The van der Waals surface area contributed by atoms with E-state index in [4.69, 9.17) is 16.6 Å². The molecule has 110 valence electrons. The molecule has 2 aromatic rings. The molecule has 1 aliphatic carbocycles. The number of hydrogen-bond acceptors (Lipinski definition) is 2. The van der Waals surface area contributed by atoms with Gasteiger partial charge in [-0.3, -0.25) is 4.68 Å². The molecule has 0 saturated heterocycles. The zero-order valence-corrected chi connectivity index (χ0v) is 13.5. The Bertz CT molecular complexity index is 625. The first-order valence-corrected chi connectivity index (χ1v) is 8.06. The van der Waals surface area contributed by atoms with Crippen molar-refractivity contribution in [3.05, 3.63) is 11.5 Å². The molecule has 2 aromatic heterocycles. The van der Waals surface area contributed by atoms with Gasteiger partial charge in [-0.1, -0.05) is 20.3 Å². The summed E-state index contributed by atoms with van der Waals surface area (Å²) in [7, 11) is 2.02. The summed E-state index contributed by atoms with van der Waals surface area (Å²) in [5, 5.41) is 4.55. The minimum absolute atomic E-state index is 0.0695. The van der Waals surface area contributed by atoms with Crippen molar-refractivity contribution in [1.29, 1.82) is 0 Å². The molecule has 0 bridgehead atoms. The summed E-state index contributed by atoms with van der Waals surface area (Å²) in [5.74, 6) is 1.68. The third-order valence-electron chi connectivity index (χ3n) is 4.60. The lowest BCUT2D eigenvalue weighted by molar-refractivity contribution is 0.400. The maximum Gasteiger partial charge on any atom is 0.158 e. The van der Waals surface area contributed by atoms with Gasteiger partial charge in [0, 0.05) is 13.1 Å². The Hall–Kier alpha value is -1.03. The van der Waals surface area contributed by atoms with Crippen LogP contribution in [0.2, 0.25) is 0 Å². The van der Waals surface area contributed by atoms with E-state index in [1.54, 1.807) is 0 Å².